The Hall–Kier alpha value is -1.02. The SMILES string of the molecule is c1cc2c(cc1N1CC3CCC(C1)N3)CCCC2. The first-order valence-corrected chi connectivity index (χ1v) is 7.51. The smallest absolute Gasteiger partial charge is 0.0370 e. The fraction of sp³-hybridized carbons (Fsp3) is 0.625. The second-order valence-electron chi connectivity index (χ2n) is 6.20. The lowest BCUT2D eigenvalue weighted by Gasteiger charge is -2.35. The molecule has 1 aliphatic carbocycles. The third kappa shape index (κ3) is 1.83. The van der Waals surface area contributed by atoms with Crippen molar-refractivity contribution in [1.29, 1.82) is 0 Å². The summed E-state index contributed by atoms with van der Waals surface area (Å²) >= 11 is 0. The Labute approximate surface area is 109 Å². The van der Waals surface area contributed by atoms with Crippen LogP contribution in [0.5, 0.6) is 0 Å². The summed E-state index contributed by atoms with van der Waals surface area (Å²) in [5.74, 6) is 0. The van der Waals surface area contributed by atoms with Crippen LogP contribution in [0.25, 0.3) is 0 Å². The lowest BCUT2D eigenvalue weighted by Crippen LogP contribution is -2.51. The number of piperazine rings is 1. The molecule has 2 unspecified atom stereocenters. The molecular weight excluding hydrogens is 220 g/mol. The van der Waals surface area contributed by atoms with E-state index in [4.69, 9.17) is 0 Å². The van der Waals surface area contributed by atoms with E-state index in [0.29, 0.717) is 0 Å². The summed E-state index contributed by atoms with van der Waals surface area (Å²) in [4.78, 5) is 2.60. The lowest BCUT2D eigenvalue weighted by molar-refractivity contribution is 0.465. The molecular formula is C16H22N2. The first-order chi connectivity index (χ1) is 8.88. The molecule has 2 nitrogen and oxygen atoms in total. The molecule has 96 valence electrons. The van der Waals surface area contributed by atoms with Gasteiger partial charge in [-0.1, -0.05) is 6.07 Å². The molecule has 4 rings (SSSR count). The zero-order valence-corrected chi connectivity index (χ0v) is 11.0. The molecule has 1 aromatic carbocycles. The number of hydrogen-bond acceptors (Lipinski definition) is 2. The van der Waals surface area contributed by atoms with Crippen LogP contribution in [-0.4, -0.2) is 25.2 Å². The molecule has 2 heteroatoms. The molecule has 0 amide bonds. The predicted molar refractivity (Wildman–Crippen MR) is 75.2 cm³/mol. The zero-order chi connectivity index (χ0) is 11.9. The van der Waals surface area contributed by atoms with E-state index in [2.05, 4.69) is 28.4 Å². The number of nitrogens with one attached hydrogen (secondary N) is 1. The van der Waals surface area contributed by atoms with Crippen molar-refractivity contribution >= 4 is 5.69 Å². The van der Waals surface area contributed by atoms with Crippen molar-refractivity contribution in [3.05, 3.63) is 29.3 Å². The molecule has 2 aliphatic heterocycles. The average Bonchev–Trinajstić information content (AvgIpc) is 2.77. The van der Waals surface area contributed by atoms with Crippen LogP contribution in [0.15, 0.2) is 18.2 Å². The summed E-state index contributed by atoms with van der Waals surface area (Å²) in [5, 5.41) is 3.71. The molecule has 0 aromatic heterocycles. The molecule has 2 saturated heterocycles. The van der Waals surface area contributed by atoms with Crippen LogP contribution < -0.4 is 10.2 Å². The Balaban J connectivity index is 1.60. The number of benzene rings is 1. The van der Waals surface area contributed by atoms with Gasteiger partial charge < -0.3 is 10.2 Å². The summed E-state index contributed by atoms with van der Waals surface area (Å²) < 4.78 is 0. The van der Waals surface area contributed by atoms with Crippen LogP contribution in [0.4, 0.5) is 5.69 Å². The highest BCUT2D eigenvalue weighted by molar-refractivity contribution is 5.52. The molecule has 18 heavy (non-hydrogen) atoms. The quantitative estimate of drug-likeness (QED) is 0.814. The maximum absolute atomic E-state index is 3.71. The van der Waals surface area contributed by atoms with Crippen molar-refractivity contribution in [3.63, 3.8) is 0 Å². The van der Waals surface area contributed by atoms with E-state index in [1.54, 1.807) is 11.1 Å². The van der Waals surface area contributed by atoms with Gasteiger partial charge in [0.1, 0.15) is 0 Å². The maximum atomic E-state index is 3.71. The summed E-state index contributed by atoms with van der Waals surface area (Å²) in [6, 6.07) is 8.68. The van der Waals surface area contributed by atoms with Crippen molar-refractivity contribution in [2.24, 2.45) is 0 Å². The second kappa shape index (κ2) is 4.27. The van der Waals surface area contributed by atoms with Gasteiger partial charge in [0, 0.05) is 30.9 Å². The normalized spacial score (nSPS) is 30.3. The van der Waals surface area contributed by atoms with E-state index in [1.807, 2.05) is 0 Å². The van der Waals surface area contributed by atoms with Gasteiger partial charge in [-0.15, -0.1) is 0 Å². The minimum Gasteiger partial charge on any atom is -0.368 e. The Morgan fingerprint density at radius 3 is 2.44 bits per heavy atom. The predicted octanol–water partition coefficient (Wildman–Crippen LogP) is 2.51. The van der Waals surface area contributed by atoms with Crippen molar-refractivity contribution in [2.75, 3.05) is 18.0 Å². The van der Waals surface area contributed by atoms with Gasteiger partial charge in [-0.2, -0.15) is 0 Å². The second-order valence-corrected chi connectivity index (χ2v) is 6.20. The molecule has 2 bridgehead atoms. The van der Waals surface area contributed by atoms with Gasteiger partial charge >= 0.3 is 0 Å². The van der Waals surface area contributed by atoms with Gasteiger partial charge in [-0.25, -0.2) is 0 Å². The number of anilines is 1. The van der Waals surface area contributed by atoms with Crippen molar-refractivity contribution in [2.45, 2.75) is 50.6 Å². The molecule has 2 atom stereocenters. The van der Waals surface area contributed by atoms with E-state index < -0.39 is 0 Å². The standard InChI is InChI=1S/C16H22N2/c1-2-4-13-9-16(8-5-12(13)3-1)18-10-14-6-7-15(11-18)17-14/h5,8-9,14-15,17H,1-4,6-7,10-11H2. The number of hydrogen-bond donors (Lipinski definition) is 1. The topological polar surface area (TPSA) is 15.3 Å². The Morgan fingerprint density at radius 1 is 0.944 bits per heavy atom. The third-order valence-electron chi connectivity index (χ3n) is 4.91. The van der Waals surface area contributed by atoms with Crippen molar-refractivity contribution in [3.8, 4) is 0 Å². The van der Waals surface area contributed by atoms with Gasteiger partial charge in [-0.3, -0.25) is 0 Å². The average molecular weight is 242 g/mol. The van der Waals surface area contributed by atoms with E-state index in [9.17, 15) is 0 Å². The summed E-state index contributed by atoms with van der Waals surface area (Å²) in [5.41, 5.74) is 4.68. The summed E-state index contributed by atoms with van der Waals surface area (Å²) in [6.07, 6.45) is 8.08. The molecule has 1 N–H and O–H groups in total. The molecule has 3 aliphatic rings. The largest absolute Gasteiger partial charge is 0.368 e. The number of fused-ring (bicyclic) bond motifs is 3. The minimum absolute atomic E-state index is 0.736. The zero-order valence-electron chi connectivity index (χ0n) is 11.0. The number of nitrogens with zero attached hydrogens (tertiary/aromatic N) is 1. The highest BCUT2D eigenvalue weighted by Crippen LogP contribution is 2.29. The molecule has 0 spiro atoms. The lowest BCUT2D eigenvalue weighted by atomic mass is 9.91. The van der Waals surface area contributed by atoms with Crippen LogP contribution in [0, 0.1) is 0 Å². The van der Waals surface area contributed by atoms with Crippen LogP contribution in [0.2, 0.25) is 0 Å². The van der Waals surface area contributed by atoms with Gasteiger partial charge in [0.2, 0.25) is 0 Å². The van der Waals surface area contributed by atoms with Gasteiger partial charge in [0.25, 0.3) is 0 Å². The van der Waals surface area contributed by atoms with Crippen LogP contribution in [-0.2, 0) is 12.8 Å². The van der Waals surface area contributed by atoms with Crippen molar-refractivity contribution < 1.29 is 0 Å². The maximum Gasteiger partial charge on any atom is 0.0370 e. The van der Waals surface area contributed by atoms with Crippen LogP contribution in [0.1, 0.15) is 36.8 Å². The monoisotopic (exact) mass is 242 g/mol. The number of rotatable bonds is 1. The minimum atomic E-state index is 0.736. The van der Waals surface area contributed by atoms with E-state index in [-0.39, 0.29) is 0 Å². The van der Waals surface area contributed by atoms with Crippen molar-refractivity contribution in [1.82, 2.24) is 5.32 Å². The van der Waals surface area contributed by atoms with Crippen LogP contribution in [0.3, 0.4) is 0 Å². The van der Waals surface area contributed by atoms with Crippen LogP contribution >= 0.6 is 0 Å². The van der Waals surface area contributed by atoms with Gasteiger partial charge in [0.05, 0.1) is 0 Å². The Morgan fingerprint density at radius 2 is 1.67 bits per heavy atom. The molecule has 0 saturated carbocycles. The number of aryl methyl sites for hydroxylation is 2. The summed E-state index contributed by atoms with van der Waals surface area (Å²) in [7, 11) is 0. The Bertz CT molecular complexity index is 442. The molecule has 2 heterocycles. The summed E-state index contributed by atoms with van der Waals surface area (Å²) in [6.45, 7) is 2.41. The third-order valence-corrected chi connectivity index (χ3v) is 4.91. The van der Waals surface area contributed by atoms with Gasteiger partial charge in [-0.05, 0) is 61.8 Å². The van der Waals surface area contributed by atoms with Gasteiger partial charge in [0.15, 0.2) is 0 Å². The molecule has 0 radical (unpaired) electrons. The first kappa shape index (κ1) is 10.9. The first-order valence-electron chi connectivity index (χ1n) is 7.51. The van der Waals surface area contributed by atoms with E-state index >= 15 is 0 Å². The van der Waals surface area contributed by atoms with E-state index in [1.165, 1.54) is 57.3 Å². The fourth-order valence-corrected chi connectivity index (χ4v) is 3.92. The Kier molecular flexibility index (Phi) is 2.58. The fourth-order valence-electron chi connectivity index (χ4n) is 3.92. The molecule has 1 aromatic rings. The highest BCUT2D eigenvalue weighted by Gasteiger charge is 2.32. The molecule has 2 fully saturated rings. The van der Waals surface area contributed by atoms with E-state index in [0.717, 1.165) is 12.1 Å². The highest BCUT2D eigenvalue weighted by atomic mass is 15.2.